The topological polar surface area (TPSA) is 52.4 Å². The second-order valence-electron chi connectivity index (χ2n) is 2.99. The minimum absolute atomic E-state index is 0.273. The number of hydrogen-bond acceptors (Lipinski definition) is 3. The van der Waals surface area contributed by atoms with Gasteiger partial charge in [0, 0.05) is 0 Å². The van der Waals surface area contributed by atoms with Gasteiger partial charge in [0.15, 0.2) is 0 Å². The fourth-order valence-electron chi connectivity index (χ4n) is 1.36. The van der Waals surface area contributed by atoms with E-state index in [1.54, 1.807) is 6.92 Å². The van der Waals surface area contributed by atoms with Gasteiger partial charge in [-0.3, -0.25) is 0 Å². The van der Waals surface area contributed by atoms with Crippen molar-refractivity contribution in [3.63, 3.8) is 0 Å². The lowest BCUT2D eigenvalue weighted by molar-refractivity contribution is -0.769. The molecule has 0 aliphatic rings. The Kier molecular flexibility index (Phi) is 5.41. The quantitative estimate of drug-likeness (QED) is 0.460. The van der Waals surface area contributed by atoms with E-state index < -0.39 is 5.09 Å². The maximum Gasteiger partial charge on any atom is 0.294 e. The minimum Gasteiger partial charge on any atom is -0.311 e. The van der Waals surface area contributed by atoms with Gasteiger partial charge in [0.25, 0.3) is 5.09 Å². The van der Waals surface area contributed by atoms with Crippen molar-refractivity contribution in [1.82, 2.24) is 0 Å². The van der Waals surface area contributed by atoms with Crippen LogP contribution in [0.15, 0.2) is 0 Å². The SMILES string of the molecule is CCCC(CC)C(C)O[N+](=O)[O-]. The Morgan fingerprint density at radius 2 is 2.08 bits per heavy atom. The average molecular weight is 175 g/mol. The average Bonchev–Trinajstić information content (AvgIpc) is 1.98. The van der Waals surface area contributed by atoms with Crippen molar-refractivity contribution < 1.29 is 9.92 Å². The normalized spacial score (nSPS) is 15.2. The van der Waals surface area contributed by atoms with Crippen LogP contribution >= 0.6 is 0 Å². The van der Waals surface area contributed by atoms with E-state index in [4.69, 9.17) is 0 Å². The highest BCUT2D eigenvalue weighted by Gasteiger charge is 2.17. The van der Waals surface area contributed by atoms with Gasteiger partial charge in [0.05, 0.1) is 0 Å². The molecule has 0 aromatic rings. The maximum atomic E-state index is 10.0. The molecule has 0 radical (unpaired) electrons. The van der Waals surface area contributed by atoms with Crippen LogP contribution in [0.4, 0.5) is 0 Å². The lowest BCUT2D eigenvalue weighted by Gasteiger charge is -2.19. The first-order valence-corrected chi connectivity index (χ1v) is 4.42. The van der Waals surface area contributed by atoms with Crippen LogP contribution in [0.25, 0.3) is 0 Å². The van der Waals surface area contributed by atoms with E-state index in [1.807, 2.05) is 6.92 Å². The van der Waals surface area contributed by atoms with Gasteiger partial charge < -0.3 is 4.84 Å². The molecule has 4 nitrogen and oxygen atoms in total. The van der Waals surface area contributed by atoms with Crippen LogP contribution in [0.2, 0.25) is 0 Å². The molecule has 0 saturated carbocycles. The molecular weight excluding hydrogens is 158 g/mol. The van der Waals surface area contributed by atoms with Gasteiger partial charge in [0.1, 0.15) is 6.10 Å². The molecule has 0 spiro atoms. The molecule has 0 amide bonds. The van der Waals surface area contributed by atoms with Crippen LogP contribution in [0.3, 0.4) is 0 Å². The standard InChI is InChI=1S/C8H17NO3/c1-4-6-8(5-2)7(3)12-9(10)11/h7-8H,4-6H2,1-3H3. The molecule has 0 N–H and O–H groups in total. The molecule has 0 fully saturated rings. The summed E-state index contributed by atoms with van der Waals surface area (Å²) >= 11 is 0. The Morgan fingerprint density at radius 1 is 1.50 bits per heavy atom. The van der Waals surface area contributed by atoms with Crippen LogP contribution in [-0.2, 0) is 4.84 Å². The predicted octanol–water partition coefficient (Wildman–Crippen LogP) is 2.41. The highest BCUT2D eigenvalue weighted by atomic mass is 17.0. The zero-order chi connectivity index (χ0) is 9.56. The summed E-state index contributed by atoms with van der Waals surface area (Å²) in [5.74, 6) is 0.306. The fraction of sp³-hybridized carbons (Fsp3) is 1.00. The zero-order valence-electron chi connectivity index (χ0n) is 7.95. The maximum absolute atomic E-state index is 10.0. The van der Waals surface area contributed by atoms with Crippen molar-refractivity contribution in [2.45, 2.75) is 46.1 Å². The summed E-state index contributed by atoms with van der Waals surface area (Å²) in [7, 11) is 0. The zero-order valence-corrected chi connectivity index (χ0v) is 7.95. The Hall–Kier alpha value is -0.800. The van der Waals surface area contributed by atoms with Crippen LogP contribution in [0.5, 0.6) is 0 Å². The highest BCUT2D eigenvalue weighted by Crippen LogP contribution is 2.17. The van der Waals surface area contributed by atoms with E-state index in [2.05, 4.69) is 11.8 Å². The van der Waals surface area contributed by atoms with E-state index >= 15 is 0 Å². The Labute approximate surface area is 73.0 Å². The van der Waals surface area contributed by atoms with Gasteiger partial charge in [-0.05, 0) is 19.3 Å². The Morgan fingerprint density at radius 3 is 2.42 bits per heavy atom. The van der Waals surface area contributed by atoms with Gasteiger partial charge in [-0.15, -0.1) is 10.1 Å². The van der Waals surface area contributed by atoms with Crippen molar-refractivity contribution >= 4 is 0 Å². The van der Waals surface area contributed by atoms with E-state index in [1.165, 1.54) is 0 Å². The van der Waals surface area contributed by atoms with Crippen molar-refractivity contribution in [3.05, 3.63) is 10.1 Å². The molecule has 0 aliphatic carbocycles. The molecule has 2 unspecified atom stereocenters. The number of nitrogens with zero attached hydrogens (tertiary/aromatic N) is 1. The molecule has 0 heterocycles. The summed E-state index contributed by atoms with van der Waals surface area (Å²) in [4.78, 5) is 14.5. The third-order valence-electron chi connectivity index (χ3n) is 2.10. The van der Waals surface area contributed by atoms with E-state index in [0.717, 1.165) is 19.3 Å². The van der Waals surface area contributed by atoms with Gasteiger partial charge >= 0.3 is 0 Å². The predicted molar refractivity (Wildman–Crippen MR) is 46.2 cm³/mol. The second-order valence-corrected chi connectivity index (χ2v) is 2.99. The van der Waals surface area contributed by atoms with Crippen molar-refractivity contribution in [3.8, 4) is 0 Å². The lowest BCUT2D eigenvalue weighted by atomic mass is 9.96. The summed E-state index contributed by atoms with van der Waals surface area (Å²) in [6, 6.07) is 0. The Balaban J connectivity index is 3.84. The summed E-state index contributed by atoms with van der Waals surface area (Å²) < 4.78 is 0. The second kappa shape index (κ2) is 5.80. The molecule has 4 heteroatoms. The van der Waals surface area contributed by atoms with Crippen molar-refractivity contribution in [2.24, 2.45) is 5.92 Å². The molecule has 0 saturated heterocycles. The molecule has 0 aromatic heterocycles. The molecule has 0 aromatic carbocycles. The monoisotopic (exact) mass is 175 g/mol. The van der Waals surface area contributed by atoms with Gasteiger partial charge in [0.2, 0.25) is 0 Å². The molecule has 0 rings (SSSR count). The summed E-state index contributed by atoms with van der Waals surface area (Å²) in [5, 5.41) is 9.31. The smallest absolute Gasteiger partial charge is 0.294 e. The minimum atomic E-state index is -0.705. The lowest BCUT2D eigenvalue weighted by Crippen LogP contribution is -2.22. The summed E-state index contributed by atoms with van der Waals surface area (Å²) in [6.07, 6.45) is 2.70. The van der Waals surface area contributed by atoms with Gasteiger partial charge in [-0.2, -0.15) is 0 Å². The van der Waals surface area contributed by atoms with E-state index in [0.29, 0.717) is 5.92 Å². The number of hydrogen-bond donors (Lipinski definition) is 0. The van der Waals surface area contributed by atoms with Crippen molar-refractivity contribution in [2.75, 3.05) is 0 Å². The molecule has 0 bridgehead atoms. The largest absolute Gasteiger partial charge is 0.311 e. The molecule has 0 aliphatic heterocycles. The molecule has 12 heavy (non-hydrogen) atoms. The fourth-order valence-corrected chi connectivity index (χ4v) is 1.36. The summed E-state index contributed by atoms with van der Waals surface area (Å²) in [5.41, 5.74) is 0. The summed E-state index contributed by atoms with van der Waals surface area (Å²) in [6.45, 7) is 5.86. The molecule has 2 atom stereocenters. The van der Waals surface area contributed by atoms with E-state index in [9.17, 15) is 10.1 Å². The van der Waals surface area contributed by atoms with Crippen LogP contribution < -0.4 is 0 Å². The Bertz CT molecular complexity index is 138. The first kappa shape index (κ1) is 11.2. The molecule has 72 valence electrons. The first-order valence-electron chi connectivity index (χ1n) is 4.42. The van der Waals surface area contributed by atoms with E-state index in [-0.39, 0.29) is 6.10 Å². The highest BCUT2D eigenvalue weighted by molar-refractivity contribution is 4.62. The van der Waals surface area contributed by atoms with Gasteiger partial charge in [-0.25, -0.2) is 0 Å². The van der Waals surface area contributed by atoms with Crippen molar-refractivity contribution in [1.29, 1.82) is 0 Å². The van der Waals surface area contributed by atoms with Crippen LogP contribution in [0, 0.1) is 16.0 Å². The third kappa shape index (κ3) is 4.16. The van der Waals surface area contributed by atoms with Gasteiger partial charge in [-0.1, -0.05) is 26.7 Å². The van der Waals surface area contributed by atoms with Crippen LogP contribution in [0.1, 0.15) is 40.0 Å². The number of rotatable bonds is 6. The van der Waals surface area contributed by atoms with Crippen LogP contribution in [-0.4, -0.2) is 11.2 Å². The molecular formula is C8H17NO3. The first-order chi connectivity index (χ1) is 5.61. The third-order valence-corrected chi connectivity index (χ3v) is 2.10.